The first kappa shape index (κ1) is 12.7. The van der Waals surface area contributed by atoms with Crippen LogP contribution in [0.4, 0.5) is 11.4 Å². The van der Waals surface area contributed by atoms with Crippen molar-refractivity contribution < 1.29 is 0 Å². The quantitative estimate of drug-likeness (QED) is 0.493. The summed E-state index contributed by atoms with van der Waals surface area (Å²) in [5.74, 6) is 0. The third kappa shape index (κ3) is 1.93. The molecule has 0 bridgehead atoms. The molecule has 0 radical (unpaired) electrons. The van der Waals surface area contributed by atoms with Crippen molar-refractivity contribution in [3.8, 4) is 11.1 Å². The lowest BCUT2D eigenvalue weighted by Gasteiger charge is -2.14. The van der Waals surface area contributed by atoms with Crippen LogP contribution in [0.1, 0.15) is 23.1 Å². The van der Waals surface area contributed by atoms with E-state index < -0.39 is 0 Å². The van der Waals surface area contributed by atoms with Crippen LogP contribution in [0, 0.1) is 0 Å². The highest BCUT2D eigenvalue weighted by molar-refractivity contribution is 6.03. The first-order valence-corrected chi connectivity index (χ1v) is 8.19. The van der Waals surface area contributed by atoms with E-state index in [9.17, 15) is 0 Å². The number of allylic oxidation sites excluding steroid dienone is 1. The Hall–Kier alpha value is -2.80. The van der Waals surface area contributed by atoms with Gasteiger partial charge in [0.2, 0.25) is 0 Å². The molecule has 110 valence electrons. The number of fused-ring (bicyclic) bond motifs is 3. The van der Waals surface area contributed by atoms with Gasteiger partial charge in [-0.2, -0.15) is 0 Å². The smallest absolute Gasteiger partial charge is 0.0390 e. The van der Waals surface area contributed by atoms with Crippen LogP contribution in [0.3, 0.4) is 0 Å². The average molecular weight is 295 g/mol. The van der Waals surface area contributed by atoms with E-state index >= 15 is 0 Å². The lowest BCUT2D eigenvalue weighted by Crippen LogP contribution is -1.97. The molecule has 2 aliphatic rings. The van der Waals surface area contributed by atoms with Crippen molar-refractivity contribution in [2.45, 2.75) is 12.8 Å². The first-order chi connectivity index (χ1) is 11.4. The van der Waals surface area contributed by atoms with Crippen LogP contribution in [0.25, 0.3) is 16.7 Å². The highest BCUT2D eigenvalue weighted by Gasteiger charge is 2.27. The maximum absolute atomic E-state index is 3.51. The molecule has 0 amide bonds. The van der Waals surface area contributed by atoms with Crippen LogP contribution < -0.4 is 5.32 Å². The Morgan fingerprint density at radius 2 is 1.61 bits per heavy atom. The Morgan fingerprint density at radius 1 is 0.696 bits per heavy atom. The standard InChI is InChI=1S/C22H17N/c1-2-8-16(9-3-1)23-17-12-13-18-19-10-4-6-15-7-5-11-20(22(15)19)21(18)14-17/h1-3,5,7-14,23H,4,6H2. The molecule has 0 heterocycles. The molecule has 0 atom stereocenters. The summed E-state index contributed by atoms with van der Waals surface area (Å²) in [5, 5.41) is 3.51. The third-order valence-corrected chi connectivity index (χ3v) is 4.84. The lowest BCUT2D eigenvalue weighted by molar-refractivity contribution is 0.982. The van der Waals surface area contributed by atoms with Gasteiger partial charge in [-0.05, 0) is 70.5 Å². The summed E-state index contributed by atoms with van der Waals surface area (Å²) in [6.45, 7) is 0. The number of rotatable bonds is 2. The van der Waals surface area contributed by atoms with Crippen molar-refractivity contribution in [3.63, 3.8) is 0 Å². The topological polar surface area (TPSA) is 12.0 Å². The van der Waals surface area contributed by atoms with E-state index in [1.807, 2.05) is 6.07 Å². The Bertz CT molecular complexity index is 935. The molecule has 0 saturated carbocycles. The second-order valence-electron chi connectivity index (χ2n) is 6.25. The Morgan fingerprint density at radius 3 is 2.52 bits per heavy atom. The maximum Gasteiger partial charge on any atom is 0.0390 e. The van der Waals surface area contributed by atoms with Gasteiger partial charge in [0.1, 0.15) is 0 Å². The molecule has 0 fully saturated rings. The van der Waals surface area contributed by atoms with E-state index in [0.29, 0.717) is 0 Å². The minimum Gasteiger partial charge on any atom is -0.356 e. The van der Waals surface area contributed by atoms with Gasteiger partial charge in [0.25, 0.3) is 0 Å². The van der Waals surface area contributed by atoms with Gasteiger partial charge in [0.05, 0.1) is 0 Å². The summed E-state index contributed by atoms with van der Waals surface area (Å²) in [7, 11) is 0. The molecule has 0 aliphatic heterocycles. The molecule has 0 unspecified atom stereocenters. The maximum atomic E-state index is 3.51. The molecular formula is C22H17N. The summed E-state index contributed by atoms with van der Waals surface area (Å²) < 4.78 is 0. The summed E-state index contributed by atoms with van der Waals surface area (Å²) in [6, 6.07) is 23.8. The van der Waals surface area contributed by atoms with Crippen LogP contribution in [0.5, 0.6) is 0 Å². The molecule has 3 aromatic carbocycles. The third-order valence-electron chi connectivity index (χ3n) is 4.84. The number of hydrogen-bond acceptors (Lipinski definition) is 1. The Balaban J connectivity index is 1.64. The Kier molecular flexibility index (Phi) is 2.68. The van der Waals surface area contributed by atoms with E-state index in [1.165, 1.54) is 33.4 Å². The first-order valence-electron chi connectivity index (χ1n) is 8.19. The highest BCUT2D eigenvalue weighted by atomic mass is 14.9. The van der Waals surface area contributed by atoms with Crippen molar-refractivity contribution in [3.05, 3.63) is 89.5 Å². The van der Waals surface area contributed by atoms with Gasteiger partial charge >= 0.3 is 0 Å². The monoisotopic (exact) mass is 295 g/mol. The van der Waals surface area contributed by atoms with Gasteiger partial charge in [-0.1, -0.05) is 48.5 Å². The Labute approximate surface area is 136 Å². The number of anilines is 2. The fourth-order valence-electron chi connectivity index (χ4n) is 3.84. The van der Waals surface area contributed by atoms with E-state index in [1.54, 1.807) is 0 Å². The van der Waals surface area contributed by atoms with Crippen molar-refractivity contribution in [1.82, 2.24) is 0 Å². The molecule has 3 aromatic rings. The fourth-order valence-corrected chi connectivity index (χ4v) is 3.84. The number of hydrogen-bond donors (Lipinski definition) is 1. The van der Waals surface area contributed by atoms with Crippen molar-refractivity contribution >= 4 is 16.9 Å². The fraction of sp³-hybridized carbons (Fsp3) is 0.0909. The van der Waals surface area contributed by atoms with Gasteiger partial charge in [0.15, 0.2) is 0 Å². The van der Waals surface area contributed by atoms with Gasteiger partial charge in [-0.3, -0.25) is 0 Å². The number of benzene rings is 3. The number of para-hydroxylation sites is 1. The van der Waals surface area contributed by atoms with E-state index in [0.717, 1.165) is 24.2 Å². The molecule has 1 heteroatoms. The number of aryl methyl sites for hydroxylation is 1. The van der Waals surface area contributed by atoms with Gasteiger partial charge in [-0.15, -0.1) is 0 Å². The van der Waals surface area contributed by atoms with Crippen LogP contribution >= 0.6 is 0 Å². The normalized spacial score (nSPS) is 14.0. The largest absolute Gasteiger partial charge is 0.356 e. The molecule has 23 heavy (non-hydrogen) atoms. The summed E-state index contributed by atoms with van der Waals surface area (Å²) in [5.41, 5.74) is 10.8. The molecule has 2 aliphatic carbocycles. The zero-order chi connectivity index (χ0) is 15.2. The van der Waals surface area contributed by atoms with Gasteiger partial charge in [-0.25, -0.2) is 0 Å². The van der Waals surface area contributed by atoms with Gasteiger partial charge < -0.3 is 5.32 Å². The minimum atomic E-state index is 1.12. The van der Waals surface area contributed by atoms with E-state index in [2.05, 4.69) is 72.1 Å². The predicted octanol–water partition coefficient (Wildman–Crippen LogP) is 5.79. The summed E-state index contributed by atoms with van der Waals surface area (Å²) in [6.07, 6.45) is 4.72. The van der Waals surface area contributed by atoms with Crippen molar-refractivity contribution in [2.24, 2.45) is 0 Å². The minimum absolute atomic E-state index is 1.12. The molecule has 1 N–H and O–H groups in total. The zero-order valence-electron chi connectivity index (χ0n) is 12.8. The average Bonchev–Trinajstić information content (AvgIpc) is 2.92. The summed E-state index contributed by atoms with van der Waals surface area (Å²) >= 11 is 0. The summed E-state index contributed by atoms with van der Waals surface area (Å²) in [4.78, 5) is 0. The predicted molar refractivity (Wildman–Crippen MR) is 97.0 cm³/mol. The van der Waals surface area contributed by atoms with Crippen LogP contribution in [0.15, 0.2) is 72.8 Å². The van der Waals surface area contributed by atoms with Crippen molar-refractivity contribution in [2.75, 3.05) is 5.32 Å². The molecule has 0 saturated heterocycles. The highest BCUT2D eigenvalue weighted by Crippen LogP contribution is 2.48. The second kappa shape index (κ2) is 4.85. The van der Waals surface area contributed by atoms with Crippen LogP contribution in [0.2, 0.25) is 0 Å². The molecule has 1 nitrogen and oxygen atoms in total. The van der Waals surface area contributed by atoms with Crippen LogP contribution in [-0.2, 0) is 6.42 Å². The zero-order valence-corrected chi connectivity index (χ0v) is 12.8. The van der Waals surface area contributed by atoms with Crippen LogP contribution in [-0.4, -0.2) is 0 Å². The molecular weight excluding hydrogens is 278 g/mol. The lowest BCUT2D eigenvalue weighted by atomic mass is 9.90. The van der Waals surface area contributed by atoms with Gasteiger partial charge in [0, 0.05) is 11.4 Å². The van der Waals surface area contributed by atoms with E-state index in [4.69, 9.17) is 0 Å². The van der Waals surface area contributed by atoms with E-state index in [-0.39, 0.29) is 0 Å². The number of nitrogens with one attached hydrogen (secondary N) is 1. The molecule has 0 spiro atoms. The SMILES string of the molecule is C1=C2c3ccc(Nc4ccccc4)cc3-c3cccc(c32)CC1. The second-order valence-corrected chi connectivity index (χ2v) is 6.25. The molecule has 5 rings (SSSR count). The molecule has 0 aromatic heterocycles. The van der Waals surface area contributed by atoms with Crippen molar-refractivity contribution in [1.29, 1.82) is 0 Å².